The van der Waals surface area contributed by atoms with Crippen molar-refractivity contribution in [1.29, 1.82) is 0 Å². The molecular formula is C19H18F6N2O4. The van der Waals surface area contributed by atoms with Gasteiger partial charge in [0.25, 0.3) is 0 Å². The van der Waals surface area contributed by atoms with Gasteiger partial charge >= 0.3 is 18.4 Å². The summed E-state index contributed by atoms with van der Waals surface area (Å²) in [7, 11) is 4.13. The van der Waals surface area contributed by atoms with Crippen molar-refractivity contribution in [3.63, 3.8) is 0 Å². The Morgan fingerprint density at radius 1 is 0.839 bits per heavy atom. The molecule has 0 spiro atoms. The molecule has 2 aromatic carbocycles. The Kier molecular flexibility index (Phi) is 7.13. The summed E-state index contributed by atoms with van der Waals surface area (Å²) in [6.07, 6.45) is -10.1. The van der Waals surface area contributed by atoms with Crippen LogP contribution in [-0.2, 0) is 18.9 Å². The summed E-state index contributed by atoms with van der Waals surface area (Å²) in [5.74, 6) is 0.842. The molecule has 0 aromatic heterocycles. The standard InChI is InChI=1S/C19H18F6N2O4/c1-29-14-5-4-10(15(30-2)16(14)31-3)9-26-17(28)27-13-7-11(18(20,21)22)6-12(8-13)19(23,24)25/h4-8H,9H2,1-3H3,(H2,26,27,28). The second-order valence-electron chi connectivity index (χ2n) is 6.10. The summed E-state index contributed by atoms with van der Waals surface area (Å²) >= 11 is 0. The summed E-state index contributed by atoms with van der Waals surface area (Å²) in [6, 6.07) is 2.85. The first-order valence-corrected chi connectivity index (χ1v) is 8.52. The van der Waals surface area contributed by atoms with Gasteiger partial charge in [0.15, 0.2) is 11.5 Å². The minimum Gasteiger partial charge on any atom is -0.493 e. The molecule has 170 valence electrons. The maximum atomic E-state index is 12.9. The summed E-state index contributed by atoms with van der Waals surface area (Å²) in [6.45, 7) is -0.166. The Morgan fingerprint density at radius 3 is 1.84 bits per heavy atom. The van der Waals surface area contributed by atoms with Crippen molar-refractivity contribution in [2.24, 2.45) is 0 Å². The quantitative estimate of drug-likeness (QED) is 0.601. The van der Waals surface area contributed by atoms with Crippen LogP contribution in [-0.4, -0.2) is 27.4 Å². The van der Waals surface area contributed by atoms with E-state index in [2.05, 4.69) is 5.32 Å². The van der Waals surface area contributed by atoms with Crippen LogP contribution in [0.2, 0.25) is 0 Å². The maximum absolute atomic E-state index is 12.9. The van der Waals surface area contributed by atoms with Crippen LogP contribution in [0.25, 0.3) is 0 Å². The zero-order valence-corrected chi connectivity index (χ0v) is 16.5. The van der Waals surface area contributed by atoms with Crippen molar-refractivity contribution in [3.8, 4) is 17.2 Å². The van der Waals surface area contributed by atoms with E-state index >= 15 is 0 Å². The van der Waals surface area contributed by atoms with Gasteiger partial charge < -0.3 is 24.8 Å². The van der Waals surface area contributed by atoms with Gasteiger partial charge in [-0.3, -0.25) is 0 Å². The zero-order valence-electron chi connectivity index (χ0n) is 16.5. The number of carbonyl (C=O) groups excluding carboxylic acids is 1. The van der Waals surface area contributed by atoms with Gasteiger partial charge in [0.2, 0.25) is 5.75 Å². The minimum atomic E-state index is -5.03. The Balaban J connectivity index is 2.22. The molecule has 12 heteroatoms. The van der Waals surface area contributed by atoms with Gasteiger partial charge in [-0.15, -0.1) is 0 Å². The molecule has 2 amide bonds. The number of benzene rings is 2. The predicted molar refractivity (Wildman–Crippen MR) is 98.4 cm³/mol. The van der Waals surface area contributed by atoms with Gasteiger partial charge in [0, 0.05) is 17.8 Å². The van der Waals surface area contributed by atoms with E-state index < -0.39 is 35.2 Å². The van der Waals surface area contributed by atoms with Crippen molar-refractivity contribution in [2.45, 2.75) is 18.9 Å². The van der Waals surface area contributed by atoms with Gasteiger partial charge in [-0.1, -0.05) is 0 Å². The van der Waals surface area contributed by atoms with E-state index in [1.165, 1.54) is 21.3 Å². The molecule has 2 N–H and O–H groups in total. The van der Waals surface area contributed by atoms with E-state index in [4.69, 9.17) is 14.2 Å². The highest BCUT2D eigenvalue weighted by atomic mass is 19.4. The summed E-state index contributed by atoms with van der Waals surface area (Å²) in [5.41, 5.74) is -3.33. The van der Waals surface area contributed by atoms with E-state index in [0.29, 0.717) is 23.4 Å². The van der Waals surface area contributed by atoms with E-state index in [1.54, 1.807) is 12.1 Å². The van der Waals surface area contributed by atoms with Crippen LogP contribution >= 0.6 is 0 Å². The normalized spacial score (nSPS) is 11.6. The fraction of sp³-hybridized carbons (Fsp3) is 0.316. The van der Waals surface area contributed by atoms with Crippen molar-refractivity contribution >= 4 is 11.7 Å². The van der Waals surface area contributed by atoms with Crippen LogP contribution in [0.3, 0.4) is 0 Å². The highest BCUT2D eigenvalue weighted by Crippen LogP contribution is 2.40. The molecule has 0 aliphatic carbocycles. The van der Waals surface area contributed by atoms with E-state index in [9.17, 15) is 31.1 Å². The molecule has 0 heterocycles. The van der Waals surface area contributed by atoms with Gasteiger partial charge in [-0.2, -0.15) is 26.3 Å². The van der Waals surface area contributed by atoms with Crippen molar-refractivity contribution in [1.82, 2.24) is 5.32 Å². The first kappa shape index (κ1) is 24.0. The summed E-state index contributed by atoms with van der Waals surface area (Å²) < 4.78 is 93.1. The summed E-state index contributed by atoms with van der Waals surface area (Å²) in [4.78, 5) is 12.1. The number of nitrogens with one attached hydrogen (secondary N) is 2. The third-order valence-electron chi connectivity index (χ3n) is 4.07. The zero-order chi connectivity index (χ0) is 23.4. The van der Waals surface area contributed by atoms with Gasteiger partial charge in [0.05, 0.1) is 32.5 Å². The monoisotopic (exact) mass is 452 g/mol. The number of urea groups is 1. The highest BCUT2D eigenvalue weighted by molar-refractivity contribution is 5.89. The molecule has 0 atom stereocenters. The lowest BCUT2D eigenvalue weighted by atomic mass is 10.1. The molecule has 0 bridgehead atoms. The molecule has 0 fully saturated rings. The molecule has 6 nitrogen and oxygen atoms in total. The Hall–Kier alpha value is -3.31. The highest BCUT2D eigenvalue weighted by Gasteiger charge is 2.37. The lowest BCUT2D eigenvalue weighted by Gasteiger charge is -2.17. The van der Waals surface area contributed by atoms with E-state index in [0.717, 1.165) is 0 Å². The topological polar surface area (TPSA) is 68.8 Å². The van der Waals surface area contributed by atoms with Crippen LogP contribution < -0.4 is 24.8 Å². The molecule has 2 rings (SSSR count). The fourth-order valence-corrected chi connectivity index (χ4v) is 2.68. The number of halogens is 6. The molecule has 0 aliphatic rings. The molecule has 2 aromatic rings. The number of rotatable bonds is 6. The number of hydrogen-bond acceptors (Lipinski definition) is 4. The van der Waals surface area contributed by atoms with Crippen molar-refractivity contribution < 1.29 is 45.3 Å². The lowest BCUT2D eigenvalue weighted by molar-refractivity contribution is -0.143. The van der Waals surface area contributed by atoms with Crippen LogP contribution in [0.5, 0.6) is 17.2 Å². The number of alkyl halides is 6. The Labute approximate surface area is 173 Å². The number of amides is 2. The first-order valence-electron chi connectivity index (χ1n) is 8.52. The molecule has 0 aliphatic heterocycles. The van der Waals surface area contributed by atoms with Crippen molar-refractivity contribution in [3.05, 3.63) is 47.0 Å². The number of methoxy groups -OCH3 is 3. The largest absolute Gasteiger partial charge is 0.493 e. The molecule has 0 radical (unpaired) electrons. The Morgan fingerprint density at radius 2 is 1.39 bits per heavy atom. The second-order valence-corrected chi connectivity index (χ2v) is 6.10. The first-order chi connectivity index (χ1) is 14.4. The Bertz CT molecular complexity index is 912. The number of carbonyl (C=O) groups is 1. The SMILES string of the molecule is COc1ccc(CNC(=O)Nc2cc(C(F)(F)F)cc(C(F)(F)F)c2)c(OC)c1OC. The average molecular weight is 452 g/mol. The van der Waals surface area contributed by atoms with E-state index in [1.807, 2.05) is 5.32 Å². The van der Waals surface area contributed by atoms with E-state index in [-0.39, 0.29) is 24.1 Å². The van der Waals surface area contributed by atoms with Crippen LogP contribution in [0.15, 0.2) is 30.3 Å². The van der Waals surface area contributed by atoms with Crippen LogP contribution in [0.4, 0.5) is 36.8 Å². The molecule has 31 heavy (non-hydrogen) atoms. The predicted octanol–water partition coefficient (Wildman–Crippen LogP) is 5.07. The molecule has 0 unspecified atom stereocenters. The average Bonchev–Trinajstić information content (AvgIpc) is 2.69. The molecule has 0 saturated heterocycles. The summed E-state index contributed by atoms with van der Waals surface area (Å²) in [5, 5.41) is 4.32. The van der Waals surface area contributed by atoms with Gasteiger partial charge in [0.1, 0.15) is 0 Å². The fourth-order valence-electron chi connectivity index (χ4n) is 2.68. The minimum absolute atomic E-state index is 0.0302. The molecular weight excluding hydrogens is 434 g/mol. The third kappa shape index (κ3) is 5.86. The number of hydrogen-bond donors (Lipinski definition) is 2. The lowest BCUT2D eigenvalue weighted by Crippen LogP contribution is -2.28. The van der Waals surface area contributed by atoms with Gasteiger partial charge in [-0.05, 0) is 30.3 Å². The van der Waals surface area contributed by atoms with Gasteiger partial charge in [-0.25, -0.2) is 4.79 Å². The smallest absolute Gasteiger partial charge is 0.416 e. The number of anilines is 1. The third-order valence-corrected chi connectivity index (χ3v) is 4.07. The van der Waals surface area contributed by atoms with Crippen LogP contribution in [0.1, 0.15) is 16.7 Å². The molecule has 0 saturated carbocycles. The van der Waals surface area contributed by atoms with Crippen LogP contribution in [0, 0.1) is 0 Å². The maximum Gasteiger partial charge on any atom is 0.416 e. The second kappa shape index (κ2) is 9.23. The van der Waals surface area contributed by atoms with Crippen molar-refractivity contribution in [2.75, 3.05) is 26.6 Å². The number of ether oxygens (including phenoxy) is 3.